The molecule has 0 saturated heterocycles. The van der Waals surface area contributed by atoms with E-state index in [4.69, 9.17) is 11.6 Å². The summed E-state index contributed by atoms with van der Waals surface area (Å²) in [6.45, 7) is 0. The summed E-state index contributed by atoms with van der Waals surface area (Å²) in [5, 5.41) is 1.41. The smallest absolute Gasteiger partial charge is 0.140 e. The van der Waals surface area contributed by atoms with E-state index in [1.807, 2.05) is 24.3 Å². The Morgan fingerprint density at radius 1 is 1.08 bits per heavy atom. The molecule has 0 atom stereocenters. The average Bonchev–Trinajstić information content (AvgIpc) is 2.06. The number of hydrogen-bond acceptors (Lipinski definition) is 2. The van der Waals surface area contributed by atoms with Gasteiger partial charge in [-0.3, -0.25) is 0 Å². The molecule has 0 aliphatic rings. The topological polar surface area (TPSA) is 57.3 Å². The van der Waals surface area contributed by atoms with Gasteiger partial charge in [0.05, 0.1) is 5.52 Å². The van der Waals surface area contributed by atoms with Crippen LogP contribution in [-0.4, -0.2) is 15.4 Å². The predicted octanol–water partition coefficient (Wildman–Crippen LogP) is 1.46. The number of para-hydroxylation sites is 1. The second kappa shape index (κ2) is 3.47. The monoisotopic (exact) mass is 182 g/mol. The zero-order valence-corrected chi connectivity index (χ0v) is 6.92. The van der Waals surface area contributed by atoms with E-state index >= 15 is 0 Å². The number of benzene rings is 1. The highest BCUT2D eigenvalue weighted by Crippen LogP contribution is 2.17. The highest BCUT2D eigenvalue weighted by molar-refractivity contribution is 6.33. The average molecular weight is 183 g/mol. The maximum absolute atomic E-state index is 5.81. The van der Waals surface area contributed by atoms with Gasteiger partial charge in [-0.05, 0) is 12.1 Å². The van der Waals surface area contributed by atoms with Crippen molar-refractivity contribution in [3.8, 4) is 0 Å². The summed E-state index contributed by atoms with van der Waals surface area (Å²) >= 11 is 5.81. The van der Waals surface area contributed by atoms with E-state index in [0.29, 0.717) is 5.15 Å². The molecule has 1 aromatic carbocycles. The Bertz CT molecular complexity index is 386. The lowest BCUT2D eigenvalue weighted by atomic mass is 10.2. The molecule has 0 radical (unpaired) electrons. The van der Waals surface area contributed by atoms with Gasteiger partial charge in [0.25, 0.3) is 0 Å². The van der Waals surface area contributed by atoms with Crippen molar-refractivity contribution in [3.05, 3.63) is 35.7 Å². The van der Waals surface area contributed by atoms with Crippen LogP contribution in [0.5, 0.6) is 0 Å². The molecule has 3 nitrogen and oxygen atoms in total. The Morgan fingerprint density at radius 2 is 1.83 bits per heavy atom. The van der Waals surface area contributed by atoms with Crippen LogP contribution in [0.25, 0.3) is 10.9 Å². The van der Waals surface area contributed by atoms with Crippen LogP contribution in [0.2, 0.25) is 5.15 Å². The third kappa shape index (κ3) is 1.37. The van der Waals surface area contributed by atoms with Crippen LogP contribution in [0.4, 0.5) is 0 Å². The van der Waals surface area contributed by atoms with Gasteiger partial charge in [0.2, 0.25) is 0 Å². The Balaban J connectivity index is 0.000000720. The van der Waals surface area contributed by atoms with Gasteiger partial charge in [0.15, 0.2) is 0 Å². The van der Waals surface area contributed by atoms with Crippen molar-refractivity contribution >= 4 is 22.5 Å². The van der Waals surface area contributed by atoms with Crippen LogP contribution in [-0.2, 0) is 0 Å². The first-order valence-electron chi connectivity index (χ1n) is 3.23. The molecule has 0 spiro atoms. The van der Waals surface area contributed by atoms with Crippen LogP contribution in [0.1, 0.15) is 0 Å². The molecule has 1 heterocycles. The maximum Gasteiger partial charge on any atom is 0.140 e. The van der Waals surface area contributed by atoms with E-state index in [-0.39, 0.29) is 5.48 Å². The molecule has 2 aromatic rings. The van der Waals surface area contributed by atoms with Gasteiger partial charge in [-0.2, -0.15) is 0 Å². The molecule has 12 heavy (non-hydrogen) atoms. The fourth-order valence-electron chi connectivity index (χ4n) is 0.972. The minimum Gasteiger partial charge on any atom is -0.412 e. The zero-order chi connectivity index (χ0) is 7.68. The van der Waals surface area contributed by atoms with E-state index in [0.717, 1.165) is 10.9 Å². The molecule has 0 aliphatic carbocycles. The quantitative estimate of drug-likeness (QED) is 0.579. The SMILES string of the molecule is Clc1ncnc2ccccc12.O. The lowest BCUT2D eigenvalue weighted by Gasteiger charge is -1.95. The van der Waals surface area contributed by atoms with Crippen molar-refractivity contribution in [3.63, 3.8) is 0 Å². The molecule has 1 aromatic heterocycles. The molecular formula is C8H7ClN2O. The molecule has 2 N–H and O–H groups in total. The Kier molecular flexibility index (Phi) is 2.58. The van der Waals surface area contributed by atoms with Gasteiger partial charge in [-0.1, -0.05) is 23.7 Å². The zero-order valence-electron chi connectivity index (χ0n) is 6.16. The number of rotatable bonds is 0. The van der Waals surface area contributed by atoms with Crippen molar-refractivity contribution in [2.45, 2.75) is 0 Å². The lowest BCUT2D eigenvalue weighted by molar-refractivity contribution is 0.824. The fraction of sp³-hybridized carbons (Fsp3) is 0. The molecule has 0 bridgehead atoms. The highest BCUT2D eigenvalue weighted by Gasteiger charge is 1.96. The highest BCUT2D eigenvalue weighted by atomic mass is 35.5. The minimum absolute atomic E-state index is 0. The van der Waals surface area contributed by atoms with E-state index in [1.165, 1.54) is 6.33 Å². The second-order valence-corrected chi connectivity index (χ2v) is 2.54. The molecule has 62 valence electrons. The van der Waals surface area contributed by atoms with Crippen LogP contribution in [0.3, 0.4) is 0 Å². The van der Waals surface area contributed by atoms with Gasteiger partial charge < -0.3 is 5.48 Å². The number of halogens is 1. The molecule has 0 aliphatic heterocycles. The van der Waals surface area contributed by atoms with E-state index in [2.05, 4.69) is 9.97 Å². The third-order valence-electron chi connectivity index (χ3n) is 1.49. The molecule has 0 saturated carbocycles. The largest absolute Gasteiger partial charge is 0.412 e. The van der Waals surface area contributed by atoms with Gasteiger partial charge in [-0.15, -0.1) is 0 Å². The van der Waals surface area contributed by atoms with Crippen molar-refractivity contribution in [2.24, 2.45) is 0 Å². The standard InChI is InChI=1S/C8H5ClN2.H2O/c9-8-6-3-1-2-4-7(6)10-5-11-8;/h1-5H;1H2. The lowest BCUT2D eigenvalue weighted by Crippen LogP contribution is -1.81. The predicted molar refractivity (Wildman–Crippen MR) is 48.2 cm³/mol. The summed E-state index contributed by atoms with van der Waals surface area (Å²) in [4.78, 5) is 7.91. The van der Waals surface area contributed by atoms with Gasteiger partial charge in [-0.25, -0.2) is 9.97 Å². The van der Waals surface area contributed by atoms with Crippen molar-refractivity contribution < 1.29 is 5.48 Å². The molecule has 0 fully saturated rings. The van der Waals surface area contributed by atoms with Gasteiger partial charge in [0.1, 0.15) is 11.5 Å². The summed E-state index contributed by atoms with van der Waals surface area (Å²) in [6.07, 6.45) is 1.46. The van der Waals surface area contributed by atoms with Crippen LogP contribution < -0.4 is 0 Å². The van der Waals surface area contributed by atoms with Crippen molar-refractivity contribution in [2.75, 3.05) is 0 Å². The van der Waals surface area contributed by atoms with Crippen LogP contribution in [0.15, 0.2) is 30.6 Å². The first-order valence-corrected chi connectivity index (χ1v) is 3.61. The van der Waals surface area contributed by atoms with Gasteiger partial charge >= 0.3 is 0 Å². The number of aromatic nitrogens is 2. The first-order chi connectivity index (χ1) is 5.38. The summed E-state index contributed by atoms with van der Waals surface area (Å²) in [5.41, 5.74) is 0.882. The summed E-state index contributed by atoms with van der Waals surface area (Å²) in [5.74, 6) is 0. The number of nitrogens with zero attached hydrogens (tertiary/aromatic N) is 2. The Labute approximate surface area is 74.3 Å². The normalized spacial score (nSPS) is 9.42. The molecular weight excluding hydrogens is 176 g/mol. The molecule has 0 unspecified atom stereocenters. The Hall–Kier alpha value is -1.19. The minimum atomic E-state index is 0. The number of fused-ring (bicyclic) bond motifs is 1. The first kappa shape index (κ1) is 8.90. The summed E-state index contributed by atoms with van der Waals surface area (Å²) in [7, 11) is 0. The summed E-state index contributed by atoms with van der Waals surface area (Å²) in [6, 6.07) is 7.64. The maximum atomic E-state index is 5.81. The van der Waals surface area contributed by atoms with E-state index in [9.17, 15) is 0 Å². The van der Waals surface area contributed by atoms with Gasteiger partial charge in [0, 0.05) is 5.39 Å². The van der Waals surface area contributed by atoms with Crippen LogP contribution in [0, 0.1) is 0 Å². The van der Waals surface area contributed by atoms with Crippen molar-refractivity contribution in [1.29, 1.82) is 0 Å². The molecule has 2 rings (SSSR count). The fourth-order valence-corrected chi connectivity index (χ4v) is 1.18. The summed E-state index contributed by atoms with van der Waals surface area (Å²) < 4.78 is 0. The Morgan fingerprint density at radius 3 is 2.58 bits per heavy atom. The number of hydrogen-bond donors (Lipinski definition) is 0. The van der Waals surface area contributed by atoms with E-state index in [1.54, 1.807) is 0 Å². The van der Waals surface area contributed by atoms with E-state index < -0.39 is 0 Å². The van der Waals surface area contributed by atoms with Crippen molar-refractivity contribution in [1.82, 2.24) is 9.97 Å². The second-order valence-electron chi connectivity index (χ2n) is 2.18. The molecule has 4 heteroatoms. The van der Waals surface area contributed by atoms with Crippen LogP contribution >= 0.6 is 11.6 Å². The molecule has 0 amide bonds. The third-order valence-corrected chi connectivity index (χ3v) is 1.80.